The average molecular weight is 599 g/mol. The van der Waals surface area contributed by atoms with E-state index in [4.69, 9.17) is 4.74 Å². The van der Waals surface area contributed by atoms with E-state index in [1.165, 1.54) is 64.4 Å². The van der Waals surface area contributed by atoms with Gasteiger partial charge >= 0.3 is 6.03 Å². The third kappa shape index (κ3) is 7.18. The first kappa shape index (κ1) is 30.8. The molecule has 0 aliphatic carbocycles. The van der Waals surface area contributed by atoms with E-state index in [0.717, 1.165) is 5.56 Å². The Kier molecular flexibility index (Phi) is 9.37. The molecule has 1 heterocycles. The van der Waals surface area contributed by atoms with Crippen LogP contribution in [0.5, 0.6) is 5.75 Å². The fourth-order valence-corrected chi connectivity index (χ4v) is 5.59. The normalized spacial score (nSPS) is 17.8. The van der Waals surface area contributed by atoms with Crippen LogP contribution in [0.15, 0.2) is 71.6 Å². The van der Waals surface area contributed by atoms with Gasteiger partial charge in [-0.1, -0.05) is 24.6 Å². The number of rotatable bonds is 8. The zero-order chi connectivity index (χ0) is 30.6. The summed E-state index contributed by atoms with van der Waals surface area (Å²) in [6.45, 7) is 5.54. The lowest BCUT2D eigenvalue weighted by atomic mass is 9.99. The number of aryl methyl sites for hydroxylation is 1. The number of ether oxygens (including phenoxy) is 1. The van der Waals surface area contributed by atoms with Crippen LogP contribution in [-0.2, 0) is 10.0 Å². The Morgan fingerprint density at radius 2 is 1.76 bits per heavy atom. The minimum Gasteiger partial charge on any atom is -0.487 e. The molecule has 3 aromatic rings. The van der Waals surface area contributed by atoms with E-state index >= 15 is 0 Å². The van der Waals surface area contributed by atoms with Crippen LogP contribution >= 0.6 is 0 Å². The molecule has 10 nitrogen and oxygen atoms in total. The van der Waals surface area contributed by atoms with Crippen molar-refractivity contribution < 1.29 is 32.2 Å². The highest BCUT2D eigenvalue weighted by Crippen LogP contribution is 2.31. The Balaban J connectivity index is 1.61. The number of likely N-dealkylation sites (N-methyl/N-ethyl adjacent to an activating group) is 1. The number of aliphatic hydroxyl groups is 1. The number of sulfonamides is 1. The maximum Gasteiger partial charge on any atom is 0.321 e. The molecule has 0 unspecified atom stereocenters. The van der Waals surface area contributed by atoms with Gasteiger partial charge < -0.3 is 25.0 Å². The molecule has 0 bridgehead atoms. The number of hydrogen-bond acceptors (Lipinski definition) is 6. The molecule has 1 aliphatic rings. The fraction of sp³-hybridized carbons (Fsp3) is 0.333. The van der Waals surface area contributed by atoms with Crippen molar-refractivity contribution in [2.24, 2.45) is 5.92 Å². The number of carbonyl (C=O) groups is 2. The largest absolute Gasteiger partial charge is 0.487 e. The van der Waals surface area contributed by atoms with Gasteiger partial charge in [-0.05, 0) is 68.4 Å². The fourth-order valence-electron chi connectivity index (χ4n) is 4.54. The second-order valence-corrected chi connectivity index (χ2v) is 12.3. The van der Waals surface area contributed by atoms with Crippen molar-refractivity contribution in [2.45, 2.75) is 37.8 Å². The molecular formula is C30H35FN4O6S. The van der Waals surface area contributed by atoms with Gasteiger partial charge in [-0.3, -0.25) is 9.52 Å². The predicted molar refractivity (Wildman–Crippen MR) is 158 cm³/mol. The van der Waals surface area contributed by atoms with Crippen LogP contribution in [-0.4, -0.2) is 74.2 Å². The van der Waals surface area contributed by atoms with Crippen molar-refractivity contribution in [3.05, 3.63) is 83.7 Å². The summed E-state index contributed by atoms with van der Waals surface area (Å²) in [6.07, 6.45) is -0.565. The molecular weight excluding hydrogens is 563 g/mol. The first-order valence-corrected chi connectivity index (χ1v) is 15.0. The summed E-state index contributed by atoms with van der Waals surface area (Å²) in [5.74, 6) is -0.871. The van der Waals surface area contributed by atoms with Gasteiger partial charge in [0.2, 0.25) is 0 Å². The van der Waals surface area contributed by atoms with Crippen molar-refractivity contribution in [1.82, 2.24) is 9.80 Å². The number of benzene rings is 3. The van der Waals surface area contributed by atoms with Gasteiger partial charge in [0.1, 0.15) is 17.7 Å². The summed E-state index contributed by atoms with van der Waals surface area (Å²) in [7, 11) is -2.33. The van der Waals surface area contributed by atoms with Crippen LogP contribution < -0.4 is 14.8 Å². The highest BCUT2D eigenvalue weighted by Gasteiger charge is 2.34. The number of aliphatic hydroxyl groups excluding tert-OH is 1. The number of urea groups is 1. The highest BCUT2D eigenvalue weighted by atomic mass is 32.2. The Bertz CT molecular complexity index is 1530. The summed E-state index contributed by atoms with van der Waals surface area (Å²) in [6, 6.07) is 15.3. The van der Waals surface area contributed by atoms with Crippen molar-refractivity contribution >= 4 is 33.3 Å². The third-order valence-corrected chi connectivity index (χ3v) is 8.54. The van der Waals surface area contributed by atoms with Crippen LogP contribution in [0.1, 0.15) is 29.8 Å². The van der Waals surface area contributed by atoms with Crippen molar-refractivity contribution in [2.75, 3.05) is 36.8 Å². The molecule has 0 aromatic heterocycles. The first-order valence-electron chi connectivity index (χ1n) is 13.5. The minimum absolute atomic E-state index is 0.0776. The molecule has 12 heteroatoms. The third-order valence-electron chi connectivity index (χ3n) is 7.14. The molecule has 3 N–H and O–H groups in total. The molecule has 0 saturated carbocycles. The lowest BCUT2D eigenvalue weighted by Crippen LogP contribution is -2.50. The number of halogens is 1. The lowest BCUT2D eigenvalue weighted by Gasteiger charge is -2.38. The SMILES string of the molecule is Cc1ccc(S(=O)(=O)Nc2ccc3c(c2)C(=O)N([C@@H](C)CO)C[C@@H](C)[C@H](CN(C)C(=O)Nc2ccc(F)cc2)O3)cc1. The zero-order valence-corrected chi connectivity index (χ0v) is 24.7. The van der Waals surface area contributed by atoms with Crippen LogP contribution in [0.4, 0.5) is 20.6 Å². The van der Waals surface area contributed by atoms with E-state index in [-0.39, 0.29) is 47.5 Å². The maximum absolute atomic E-state index is 13.7. The van der Waals surface area contributed by atoms with Crippen LogP contribution in [0, 0.1) is 18.7 Å². The second-order valence-electron chi connectivity index (χ2n) is 10.6. The van der Waals surface area contributed by atoms with Gasteiger partial charge in [-0.25, -0.2) is 17.6 Å². The lowest BCUT2D eigenvalue weighted by molar-refractivity contribution is 0.0371. The number of anilines is 2. The Morgan fingerprint density at radius 3 is 2.40 bits per heavy atom. The van der Waals surface area contributed by atoms with Gasteiger partial charge in [-0.2, -0.15) is 0 Å². The molecule has 0 radical (unpaired) electrons. The van der Waals surface area contributed by atoms with E-state index in [9.17, 15) is 27.5 Å². The molecule has 224 valence electrons. The van der Waals surface area contributed by atoms with Crippen LogP contribution in [0.3, 0.4) is 0 Å². The van der Waals surface area contributed by atoms with Gasteiger partial charge in [0.15, 0.2) is 0 Å². The smallest absolute Gasteiger partial charge is 0.321 e. The number of nitrogens with zero attached hydrogens (tertiary/aromatic N) is 2. The Morgan fingerprint density at radius 1 is 1.12 bits per heavy atom. The summed E-state index contributed by atoms with van der Waals surface area (Å²) in [5, 5.41) is 12.6. The summed E-state index contributed by atoms with van der Waals surface area (Å²) >= 11 is 0. The quantitative estimate of drug-likeness (QED) is 0.354. The molecule has 0 saturated heterocycles. The zero-order valence-electron chi connectivity index (χ0n) is 23.9. The van der Waals surface area contributed by atoms with E-state index in [1.54, 1.807) is 26.1 Å². The van der Waals surface area contributed by atoms with Gasteiger partial charge in [0.25, 0.3) is 15.9 Å². The molecule has 1 aliphatic heterocycles. The molecule has 3 atom stereocenters. The van der Waals surface area contributed by atoms with Gasteiger partial charge in [0, 0.05) is 30.9 Å². The molecule has 0 spiro atoms. The highest BCUT2D eigenvalue weighted by molar-refractivity contribution is 7.92. The van der Waals surface area contributed by atoms with Crippen molar-refractivity contribution in [1.29, 1.82) is 0 Å². The number of carbonyl (C=O) groups excluding carboxylic acids is 2. The Hall–Kier alpha value is -4.16. The van der Waals surface area contributed by atoms with Crippen LogP contribution in [0.25, 0.3) is 0 Å². The maximum atomic E-state index is 13.7. The summed E-state index contributed by atoms with van der Waals surface area (Å²) in [4.78, 5) is 29.6. The van der Waals surface area contributed by atoms with Crippen LogP contribution in [0.2, 0.25) is 0 Å². The molecule has 42 heavy (non-hydrogen) atoms. The molecule has 3 aromatic carbocycles. The molecule has 4 rings (SSSR count). The van der Waals surface area contributed by atoms with E-state index in [1.807, 2.05) is 13.8 Å². The number of hydrogen-bond donors (Lipinski definition) is 3. The molecule has 0 fully saturated rings. The summed E-state index contributed by atoms with van der Waals surface area (Å²) < 4.78 is 48.1. The number of fused-ring (bicyclic) bond motifs is 1. The molecule has 3 amide bonds. The van der Waals surface area contributed by atoms with Gasteiger partial charge in [-0.15, -0.1) is 0 Å². The average Bonchev–Trinajstić information content (AvgIpc) is 2.96. The second kappa shape index (κ2) is 12.8. The van der Waals surface area contributed by atoms with E-state index in [2.05, 4.69) is 10.0 Å². The van der Waals surface area contributed by atoms with Crippen molar-refractivity contribution in [3.8, 4) is 5.75 Å². The van der Waals surface area contributed by atoms with E-state index < -0.39 is 39.9 Å². The van der Waals surface area contributed by atoms with Gasteiger partial charge in [0.05, 0.1) is 29.7 Å². The number of nitrogens with one attached hydrogen (secondary N) is 2. The van der Waals surface area contributed by atoms with Crippen molar-refractivity contribution in [3.63, 3.8) is 0 Å². The standard InChI is InChI=1S/C30H35FN4O6S/c1-19-5-12-25(13-6-19)42(39,40)33-24-11-14-27-26(15-24)29(37)35(21(3)18-36)16-20(2)28(41-27)17-34(4)30(38)32-23-9-7-22(31)8-10-23/h5-15,20-21,28,33,36H,16-18H2,1-4H3,(H,32,38)/t20-,21+,28+/m1/s1. The summed E-state index contributed by atoms with van der Waals surface area (Å²) in [5.41, 5.74) is 1.64. The predicted octanol–water partition coefficient (Wildman–Crippen LogP) is 4.32. The topological polar surface area (TPSA) is 128 Å². The first-order chi connectivity index (χ1) is 19.9. The van der Waals surface area contributed by atoms with E-state index in [0.29, 0.717) is 5.69 Å². The number of amides is 3. The minimum atomic E-state index is -3.93. The monoisotopic (exact) mass is 598 g/mol. The Labute approximate surface area is 245 Å².